The number of hydrogen-bond acceptors (Lipinski definition) is 3. The van der Waals surface area contributed by atoms with Crippen LogP contribution in [-0.4, -0.2) is 15.3 Å². The number of aromatic nitrogens is 2. The van der Waals surface area contributed by atoms with Crippen LogP contribution in [-0.2, 0) is 0 Å². The van der Waals surface area contributed by atoms with E-state index in [1.54, 1.807) is 6.07 Å². The molecule has 4 nitrogen and oxygen atoms in total. The van der Waals surface area contributed by atoms with Crippen LogP contribution in [0.3, 0.4) is 0 Å². The van der Waals surface area contributed by atoms with Crippen LogP contribution in [0.4, 0.5) is 10.1 Å². The van der Waals surface area contributed by atoms with Crippen LogP contribution in [0.5, 0.6) is 5.75 Å². The van der Waals surface area contributed by atoms with Crippen molar-refractivity contribution in [3.8, 4) is 5.75 Å². The van der Waals surface area contributed by atoms with Gasteiger partial charge in [-0.25, -0.2) is 4.39 Å². The molecule has 4 rings (SSSR count). The predicted molar refractivity (Wildman–Crippen MR) is 98.0 cm³/mol. The Labute approximate surface area is 145 Å². The van der Waals surface area contributed by atoms with Gasteiger partial charge in [0, 0.05) is 28.3 Å². The van der Waals surface area contributed by atoms with Crippen molar-refractivity contribution in [1.82, 2.24) is 10.2 Å². The number of H-pyrrole nitrogens is 1. The smallest absolute Gasteiger partial charge is 0.132 e. The molecule has 1 unspecified atom stereocenters. The highest BCUT2D eigenvalue weighted by Crippen LogP contribution is 2.45. The van der Waals surface area contributed by atoms with Crippen molar-refractivity contribution in [2.24, 2.45) is 0 Å². The lowest BCUT2D eigenvalue weighted by molar-refractivity contribution is 0.467. The highest BCUT2D eigenvalue weighted by atomic mass is 19.1. The van der Waals surface area contributed by atoms with Gasteiger partial charge in [0.2, 0.25) is 0 Å². The summed E-state index contributed by atoms with van der Waals surface area (Å²) in [6.45, 7) is 4.22. The molecule has 1 aromatic heterocycles. The Bertz CT molecular complexity index is 990. The van der Waals surface area contributed by atoms with E-state index < -0.39 is 5.82 Å². The highest BCUT2D eigenvalue weighted by Gasteiger charge is 2.28. The van der Waals surface area contributed by atoms with Crippen molar-refractivity contribution >= 4 is 22.2 Å². The number of allylic oxidation sites excluding steroid dienone is 1. The van der Waals surface area contributed by atoms with Gasteiger partial charge in [-0.1, -0.05) is 19.4 Å². The van der Waals surface area contributed by atoms with Crippen molar-refractivity contribution in [2.45, 2.75) is 32.7 Å². The SMILES string of the molecule is CCCC1=C(C)c2c(ccc3[nH]ncc23)NC1c1ccc(O)cc1F. The van der Waals surface area contributed by atoms with Crippen LogP contribution in [0.1, 0.15) is 43.9 Å². The first-order chi connectivity index (χ1) is 12.1. The Morgan fingerprint density at radius 3 is 2.84 bits per heavy atom. The second kappa shape index (κ2) is 5.92. The van der Waals surface area contributed by atoms with E-state index >= 15 is 0 Å². The third-order valence-corrected chi connectivity index (χ3v) is 4.94. The fourth-order valence-corrected chi connectivity index (χ4v) is 3.78. The zero-order valence-corrected chi connectivity index (χ0v) is 14.2. The Kier molecular flexibility index (Phi) is 3.71. The number of aromatic amines is 1. The molecule has 5 heteroatoms. The van der Waals surface area contributed by atoms with Gasteiger partial charge in [0.1, 0.15) is 11.6 Å². The van der Waals surface area contributed by atoms with Gasteiger partial charge in [0.15, 0.2) is 0 Å². The maximum absolute atomic E-state index is 14.5. The third-order valence-electron chi connectivity index (χ3n) is 4.94. The first-order valence-electron chi connectivity index (χ1n) is 8.51. The minimum Gasteiger partial charge on any atom is -0.508 e. The van der Waals surface area contributed by atoms with E-state index in [4.69, 9.17) is 0 Å². The summed E-state index contributed by atoms with van der Waals surface area (Å²) in [6.07, 6.45) is 3.68. The lowest BCUT2D eigenvalue weighted by Crippen LogP contribution is -2.21. The van der Waals surface area contributed by atoms with E-state index in [0.29, 0.717) is 5.56 Å². The summed E-state index contributed by atoms with van der Waals surface area (Å²) >= 11 is 0. The number of nitrogens with one attached hydrogen (secondary N) is 2. The fraction of sp³-hybridized carbons (Fsp3) is 0.250. The zero-order chi connectivity index (χ0) is 17.6. The van der Waals surface area contributed by atoms with Crippen molar-refractivity contribution < 1.29 is 9.50 Å². The zero-order valence-electron chi connectivity index (χ0n) is 14.2. The molecule has 0 aliphatic carbocycles. The number of aromatic hydroxyl groups is 1. The second-order valence-corrected chi connectivity index (χ2v) is 6.50. The van der Waals surface area contributed by atoms with Gasteiger partial charge in [-0.3, -0.25) is 5.10 Å². The molecular formula is C20H20FN3O. The van der Waals surface area contributed by atoms with Gasteiger partial charge in [-0.05, 0) is 42.7 Å². The van der Waals surface area contributed by atoms with Crippen molar-refractivity contribution in [3.05, 3.63) is 59.0 Å². The van der Waals surface area contributed by atoms with E-state index in [9.17, 15) is 9.50 Å². The average Bonchev–Trinajstić information content (AvgIpc) is 3.06. The molecule has 0 fully saturated rings. The maximum atomic E-state index is 14.5. The lowest BCUT2D eigenvalue weighted by Gasteiger charge is -2.32. The molecule has 2 heterocycles. The lowest BCUT2D eigenvalue weighted by atomic mass is 9.83. The van der Waals surface area contributed by atoms with Gasteiger partial charge in [-0.2, -0.15) is 5.10 Å². The molecule has 2 aromatic carbocycles. The minimum absolute atomic E-state index is 0.0599. The van der Waals surface area contributed by atoms with Gasteiger partial charge < -0.3 is 10.4 Å². The van der Waals surface area contributed by atoms with Crippen molar-refractivity contribution in [2.75, 3.05) is 5.32 Å². The van der Waals surface area contributed by atoms with Crippen LogP contribution < -0.4 is 5.32 Å². The molecule has 3 aromatic rings. The highest BCUT2D eigenvalue weighted by molar-refractivity contribution is 5.99. The van der Waals surface area contributed by atoms with E-state index in [1.165, 1.54) is 23.3 Å². The van der Waals surface area contributed by atoms with Gasteiger partial charge in [0.25, 0.3) is 0 Å². The predicted octanol–water partition coefficient (Wildman–Crippen LogP) is 5.15. The number of fused-ring (bicyclic) bond motifs is 3. The summed E-state index contributed by atoms with van der Waals surface area (Å²) in [7, 11) is 0. The summed E-state index contributed by atoms with van der Waals surface area (Å²) < 4.78 is 14.5. The largest absolute Gasteiger partial charge is 0.508 e. The van der Waals surface area contributed by atoms with Gasteiger partial charge >= 0.3 is 0 Å². The molecule has 3 N–H and O–H groups in total. The monoisotopic (exact) mass is 337 g/mol. The van der Waals surface area contributed by atoms with Crippen LogP contribution in [0, 0.1) is 5.82 Å². The Morgan fingerprint density at radius 2 is 2.08 bits per heavy atom. The summed E-state index contributed by atoms with van der Waals surface area (Å²) in [4.78, 5) is 0. The number of rotatable bonds is 3. The molecule has 1 aliphatic rings. The van der Waals surface area contributed by atoms with Gasteiger partial charge in [0.05, 0.1) is 17.8 Å². The normalized spacial score (nSPS) is 16.8. The number of benzene rings is 2. The molecule has 1 atom stereocenters. The summed E-state index contributed by atoms with van der Waals surface area (Å²) in [5, 5.41) is 21.3. The van der Waals surface area contributed by atoms with E-state index in [2.05, 4.69) is 29.4 Å². The summed E-state index contributed by atoms with van der Waals surface area (Å²) in [5.74, 6) is -0.456. The molecule has 0 amide bonds. The standard InChI is InChI=1S/C20H20FN3O/c1-3-4-13-11(2)19-15-10-22-24-17(15)7-8-18(19)23-20(13)14-6-5-12(25)9-16(14)21/h5-10,20,23,25H,3-4H2,1-2H3,(H,22,24). The maximum Gasteiger partial charge on any atom is 0.132 e. The molecule has 0 saturated heterocycles. The fourth-order valence-electron chi connectivity index (χ4n) is 3.78. The minimum atomic E-state index is -0.397. The molecule has 128 valence electrons. The van der Waals surface area contributed by atoms with E-state index in [-0.39, 0.29) is 11.8 Å². The molecule has 0 bridgehead atoms. The number of phenolic OH excluding ortho intramolecular Hbond substituents is 1. The first kappa shape index (κ1) is 15.7. The van der Waals surface area contributed by atoms with E-state index in [0.717, 1.165) is 35.0 Å². The first-order valence-corrected chi connectivity index (χ1v) is 8.51. The Hall–Kier alpha value is -2.82. The molecule has 25 heavy (non-hydrogen) atoms. The molecular weight excluding hydrogens is 317 g/mol. The summed E-state index contributed by atoms with van der Waals surface area (Å²) in [5.41, 5.74) is 5.99. The third kappa shape index (κ3) is 2.47. The molecule has 0 radical (unpaired) electrons. The van der Waals surface area contributed by atoms with Crippen LogP contribution in [0.2, 0.25) is 0 Å². The van der Waals surface area contributed by atoms with Crippen molar-refractivity contribution in [3.63, 3.8) is 0 Å². The number of phenols is 1. The van der Waals surface area contributed by atoms with Crippen LogP contribution in [0.15, 0.2) is 42.1 Å². The number of nitrogens with zero attached hydrogens (tertiary/aromatic N) is 1. The molecule has 0 spiro atoms. The van der Waals surface area contributed by atoms with Gasteiger partial charge in [-0.15, -0.1) is 0 Å². The second-order valence-electron chi connectivity index (χ2n) is 6.50. The Balaban J connectivity index is 1.93. The van der Waals surface area contributed by atoms with Crippen molar-refractivity contribution in [1.29, 1.82) is 0 Å². The quantitative estimate of drug-likeness (QED) is 0.619. The Morgan fingerprint density at radius 1 is 1.24 bits per heavy atom. The number of hydrogen-bond donors (Lipinski definition) is 3. The van der Waals surface area contributed by atoms with E-state index in [1.807, 2.05) is 18.3 Å². The van der Waals surface area contributed by atoms with Crippen LogP contribution in [0.25, 0.3) is 16.5 Å². The molecule has 0 saturated carbocycles. The summed E-state index contributed by atoms with van der Waals surface area (Å²) in [6, 6.07) is 8.12. The topological polar surface area (TPSA) is 60.9 Å². The number of halogens is 1. The average molecular weight is 337 g/mol. The molecule has 1 aliphatic heterocycles. The number of anilines is 1. The van der Waals surface area contributed by atoms with Crippen LogP contribution >= 0.6 is 0 Å².